The molecule has 1 heterocycles. The smallest absolute Gasteiger partial charge is 0.0687 e. The SMILES string of the molecule is OC1CCCC1CC1CCC2(CCCC2)O1. The molecular weight excluding hydrogens is 200 g/mol. The van der Waals surface area contributed by atoms with Crippen LogP contribution in [0.5, 0.6) is 0 Å². The van der Waals surface area contributed by atoms with Crippen LogP contribution in [0, 0.1) is 5.92 Å². The molecule has 3 aliphatic rings. The molecule has 1 saturated heterocycles. The highest BCUT2D eigenvalue weighted by atomic mass is 16.5. The highest BCUT2D eigenvalue weighted by molar-refractivity contribution is 4.94. The zero-order chi connectivity index (χ0) is 11.0. The molecule has 3 rings (SSSR count). The average Bonchev–Trinajstić information content (AvgIpc) is 2.96. The zero-order valence-electron chi connectivity index (χ0n) is 10.2. The molecule has 3 fully saturated rings. The second-order valence-corrected chi connectivity index (χ2v) is 6.16. The van der Waals surface area contributed by atoms with Gasteiger partial charge in [-0.2, -0.15) is 0 Å². The van der Waals surface area contributed by atoms with Gasteiger partial charge >= 0.3 is 0 Å². The summed E-state index contributed by atoms with van der Waals surface area (Å²) in [4.78, 5) is 0. The second kappa shape index (κ2) is 4.30. The lowest BCUT2D eigenvalue weighted by molar-refractivity contribution is -0.0496. The molecule has 2 saturated carbocycles. The van der Waals surface area contributed by atoms with Gasteiger partial charge in [-0.1, -0.05) is 19.3 Å². The van der Waals surface area contributed by atoms with Gasteiger partial charge in [0.25, 0.3) is 0 Å². The third-order valence-corrected chi connectivity index (χ3v) is 5.04. The summed E-state index contributed by atoms with van der Waals surface area (Å²) < 4.78 is 6.31. The van der Waals surface area contributed by atoms with Crippen LogP contribution in [0.25, 0.3) is 0 Å². The van der Waals surface area contributed by atoms with Crippen molar-refractivity contribution in [3.05, 3.63) is 0 Å². The standard InChI is InChI=1S/C14H24O2/c15-13-5-3-4-11(13)10-12-6-9-14(16-12)7-1-2-8-14/h11-13,15H,1-10H2. The van der Waals surface area contributed by atoms with E-state index in [1.165, 1.54) is 51.4 Å². The van der Waals surface area contributed by atoms with Gasteiger partial charge in [0.1, 0.15) is 0 Å². The van der Waals surface area contributed by atoms with Crippen LogP contribution in [0.3, 0.4) is 0 Å². The molecule has 92 valence electrons. The predicted octanol–water partition coefficient (Wildman–Crippen LogP) is 3.03. The number of aliphatic hydroxyl groups excluding tert-OH is 1. The Morgan fingerprint density at radius 3 is 2.50 bits per heavy atom. The number of hydrogen-bond donors (Lipinski definition) is 1. The molecule has 2 aliphatic carbocycles. The fourth-order valence-corrected chi connectivity index (χ4v) is 4.08. The summed E-state index contributed by atoms with van der Waals surface area (Å²) in [5.74, 6) is 0.529. The molecule has 0 bridgehead atoms. The molecule has 0 radical (unpaired) electrons. The van der Waals surface area contributed by atoms with Gasteiger partial charge in [0, 0.05) is 0 Å². The van der Waals surface area contributed by atoms with Crippen molar-refractivity contribution in [1.29, 1.82) is 0 Å². The first-order valence-electron chi connectivity index (χ1n) is 7.13. The minimum Gasteiger partial charge on any atom is -0.393 e. The van der Waals surface area contributed by atoms with Crippen molar-refractivity contribution in [2.24, 2.45) is 5.92 Å². The average molecular weight is 224 g/mol. The van der Waals surface area contributed by atoms with Crippen LogP contribution in [0.15, 0.2) is 0 Å². The molecule has 3 unspecified atom stereocenters. The third-order valence-electron chi connectivity index (χ3n) is 5.04. The van der Waals surface area contributed by atoms with Crippen LogP contribution in [0.2, 0.25) is 0 Å². The van der Waals surface area contributed by atoms with Crippen molar-refractivity contribution in [1.82, 2.24) is 0 Å². The van der Waals surface area contributed by atoms with Crippen molar-refractivity contribution in [3.63, 3.8) is 0 Å². The third kappa shape index (κ3) is 2.02. The lowest BCUT2D eigenvalue weighted by Gasteiger charge is -2.25. The van der Waals surface area contributed by atoms with Crippen molar-refractivity contribution < 1.29 is 9.84 Å². The summed E-state index contributed by atoms with van der Waals surface area (Å²) >= 11 is 0. The van der Waals surface area contributed by atoms with Crippen molar-refractivity contribution in [2.45, 2.75) is 82.0 Å². The number of rotatable bonds is 2. The van der Waals surface area contributed by atoms with E-state index in [4.69, 9.17) is 4.74 Å². The van der Waals surface area contributed by atoms with E-state index in [1.807, 2.05) is 0 Å². The Labute approximate surface area is 98.4 Å². The highest BCUT2D eigenvalue weighted by Gasteiger charge is 2.43. The Hall–Kier alpha value is -0.0800. The van der Waals surface area contributed by atoms with Gasteiger partial charge in [-0.25, -0.2) is 0 Å². The van der Waals surface area contributed by atoms with Crippen LogP contribution in [0.4, 0.5) is 0 Å². The first-order chi connectivity index (χ1) is 7.77. The maximum Gasteiger partial charge on any atom is 0.0687 e. The fourth-order valence-electron chi connectivity index (χ4n) is 4.08. The molecule has 0 aromatic carbocycles. The van der Waals surface area contributed by atoms with E-state index in [1.54, 1.807) is 0 Å². The van der Waals surface area contributed by atoms with E-state index in [2.05, 4.69) is 0 Å². The van der Waals surface area contributed by atoms with Gasteiger partial charge < -0.3 is 9.84 Å². The van der Waals surface area contributed by atoms with Gasteiger partial charge in [-0.15, -0.1) is 0 Å². The topological polar surface area (TPSA) is 29.5 Å². The summed E-state index contributed by atoms with van der Waals surface area (Å²) in [5.41, 5.74) is 0.272. The van der Waals surface area contributed by atoms with Crippen LogP contribution < -0.4 is 0 Å². The van der Waals surface area contributed by atoms with E-state index >= 15 is 0 Å². The van der Waals surface area contributed by atoms with Crippen molar-refractivity contribution >= 4 is 0 Å². The van der Waals surface area contributed by atoms with Crippen LogP contribution in [-0.4, -0.2) is 22.9 Å². The largest absolute Gasteiger partial charge is 0.393 e. The Balaban J connectivity index is 1.53. The first kappa shape index (κ1) is 11.0. The molecule has 0 aromatic heterocycles. The zero-order valence-corrected chi connectivity index (χ0v) is 10.2. The number of hydrogen-bond acceptors (Lipinski definition) is 2. The molecule has 0 amide bonds. The van der Waals surface area contributed by atoms with Crippen LogP contribution >= 0.6 is 0 Å². The molecular formula is C14H24O2. The normalized spacial score (nSPS) is 42.2. The van der Waals surface area contributed by atoms with Gasteiger partial charge in [0.15, 0.2) is 0 Å². The summed E-state index contributed by atoms with van der Waals surface area (Å²) in [7, 11) is 0. The Kier molecular flexibility index (Phi) is 2.97. The Morgan fingerprint density at radius 2 is 1.81 bits per heavy atom. The summed E-state index contributed by atoms with van der Waals surface area (Å²) in [6, 6.07) is 0. The van der Waals surface area contributed by atoms with Crippen LogP contribution in [0.1, 0.15) is 64.2 Å². The summed E-state index contributed by atoms with van der Waals surface area (Å²) in [6.07, 6.45) is 12.8. The minimum atomic E-state index is -0.0382. The van der Waals surface area contributed by atoms with E-state index in [0.717, 1.165) is 12.8 Å². The molecule has 3 atom stereocenters. The van der Waals surface area contributed by atoms with E-state index in [9.17, 15) is 5.11 Å². The number of ether oxygens (including phenoxy) is 1. The van der Waals surface area contributed by atoms with Gasteiger partial charge in [-0.3, -0.25) is 0 Å². The monoisotopic (exact) mass is 224 g/mol. The molecule has 1 aliphatic heterocycles. The molecule has 16 heavy (non-hydrogen) atoms. The highest BCUT2D eigenvalue weighted by Crippen LogP contribution is 2.45. The van der Waals surface area contributed by atoms with Crippen LogP contribution in [-0.2, 0) is 4.74 Å². The van der Waals surface area contributed by atoms with E-state index in [0.29, 0.717) is 12.0 Å². The maximum atomic E-state index is 9.85. The van der Waals surface area contributed by atoms with Gasteiger partial charge in [0.05, 0.1) is 17.8 Å². The molecule has 0 aromatic rings. The molecule has 2 heteroatoms. The van der Waals surface area contributed by atoms with Gasteiger partial charge in [0.2, 0.25) is 0 Å². The van der Waals surface area contributed by atoms with E-state index in [-0.39, 0.29) is 11.7 Å². The quantitative estimate of drug-likeness (QED) is 0.781. The fraction of sp³-hybridized carbons (Fsp3) is 1.00. The van der Waals surface area contributed by atoms with Gasteiger partial charge in [-0.05, 0) is 50.9 Å². The summed E-state index contributed by atoms with van der Waals surface area (Å²) in [5, 5.41) is 9.85. The summed E-state index contributed by atoms with van der Waals surface area (Å²) in [6.45, 7) is 0. The second-order valence-electron chi connectivity index (χ2n) is 6.16. The molecule has 1 spiro atoms. The Morgan fingerprint density at radius 1 is 1.00 bits per heavy atom. The minimum absolute atomic E-state index is 0.0382. The molecule has 2 nitrogen and oxygen atoms in total. The van der Waals surface area contributed by atoms with Crippen molar-refractivity contribution in [2.75, 3.05) is 0 Å². The van der Waals surface area contributed by atoms with E-state index < -0.39 is 0 Å². The van der Waals surface area contributed by atoms with Crippen molar-refractivity contribution in [3.8, 4) is 0 Å². The lowest BCUT2D eigenvalue weighted by Crippen LogP contribution is -2.26. The molecule has 1 N–H and O–H groups in total. The number of aliphatic hydroxyl groups is 1. The lowest BCUT2D eigenvalue weighted by atomic mass is 9.94. The Bertz CT molecular complexity index is 245. The maximum absolute atomic E-state index is 9.85. The first-order valence-corrected chi connectivity index (χ1v) is 7.13. The predicted molar refractivity (Wildman–Crippen MR) is 63.3 cm³/mol.